The molecule has 17 heavy (non-hydrogen) atoms. The Morgan fingerprint density at radius 3 is 2.88 bits per heavy atom. The Bertz CT molecular complexity index is 421. The maximum absolute atomic E-state index is 13.3. The zero-order chi connectivity index (χ0) is 12.1. The molecule has 1 aliphatic rings. The minimum atomic E-state index is -0.464. The van der Waals surface area contributed by atoms with Crippen molar-refractivity contribution < 1.29 is 4.39 Å². The van der Waals surface area contributed by atoms with Crippen molar-refractivity contribution in [1.29, 1.82) is 5.26 Å². The third-order valence-electron chi connectivity index (χ3n) is 2.80. The van der Waals surface area contributed by atoms with Gasteiger partial charge in [-0.3, -0.25) is 0 Å². The van der Waals surface area contributed by atoms with Gasteiger partial charge in [-0.15, -0.1) is 0 Å². The lowest BCUT2D eigenvalue weighted by molar-refractivity contribution is 0.624. The van der Waals surface area contributed by atoms with Crippen LogP contribution >= 0.6 is 0 Å². The van der Waals surface area contributed by atoms with Gasteiger partial charge in [0, 0.05) is 12.6 Å². The van der Waals surface area contributed by atoms with E-state index in [1.165, 1.54) is 18.9 Å². The van der Waals surface area contributed by atoms with Crippen molar-refractivity contribution in [1.82, 2.24) is 5.32 Å². The monoisotopic (exact) mass is 233 g/mol. The van der Waals surface area contributed by atoms with Crippen LogP contribution in [0.5, 0.6) is 0 Å². The Morgan fingerprint density at radius 1 is 1.35 bits per heavy atom. The highest BCUT2D eigenvalue weighted by Gasteiger charge is 2.19. The molecule has 0 bridgehead atoms. The number of hydrogen-bond donors (Lipinski definition) is 2. The van der Waals surface area contributed by atoms with Crippen LogP contribution in [0, 0.1) is 17.1 Å². The zero-order valence-electron chi connectivity index (χ0n) is 9.67. The Hall–Kier alpha value is -1.60. The van der Waals surface area contributed by atoms with Crippen LogP contribution in [0.3, 0.4) is 0 Å². The Kier molecular flexibility index (Phi) is 3.94. The van der Waals surface area contributed by atoms with Crippen molar-refractivity contribution in [2.45, 2.75) is 25.3 Å². The normalized spacial score (nSPS) is 14.4. The van der Waals surface area contributed by atoms with Crippen LogP contribution in [0.4, 0.5) is 10.1 Å². The molecule has 2 N–H and O–H groups in total. The van der Waals surface area contributed by atoms with Gasteiger partial charge >= 0.3 is 0 Å². The fourth-order valence-corrected chi connectivity index (χ4v) is 1.69. The molecule has 2 rings (SSSR count). The van der Waals surface area contributed by atoms with Crippen molar-refractivity contribution in [2.24, 2.45) is 0 Å². The van der Waals surface area contributed by atoms with Crippen LogP contribution < -0.4 is 10.6 Å². The summed E-state index contributed by atoms with van der Waals surface area (Å²) in [5.41, 5.74) is 0.682. The molecule has 90 valence electrons. The Labute approximate surface area is 101 Å². The number of benzene rings is 1. The van der Waals surface area contributed by atoms with E-state index in [-0.39, 0.29) is 5.56 Å². The molecule has 0 spiro atoms. The summed E-state index contributed by atoms with van der Waals surface area (Å²) in [6.45, 7) is 1.72. The molecule has 0 radical (unpaired) electrons. The molecule has 1 aromatic rings. The molecule has 1 aliphatic carbocycles. The van der Waals surface area contributed by atoms with Gasteiger partial charge in [0.05, 0.1) is 5.69 Å². The largest absolute Gasteiger partial charge is 0.384 e. The Morgan fingerprint density at radius 2 is 2.18 bits per heavy atom. The van der Waals surface area contributed by atoms with Gasteiger partial charge < -0.3 is 10.6 Å². The third kappa shape index (κ3) is 3.43. The van der Waals surface area contributed by atoms with Crippen LogP contribution in [-0.2, 0) is 0 Å². The van der Waals surface area contributed by atoms with Gasteiger partial charge in [-0.1, -0.05) is 6.07 Å². The maximum Gasteiger partial charge on any atom is 0.143 e. The van der Waals surface area contributed by atoms with Crippen molar-refractivity contribution in [3.05, 3.63) is 29.6 Å². The minimum absolute atomic E-state index is 0.0997. The second-order valence-corrected chi connectivity index (χ2v) is 4.28. The van der Waals surface area contributed by atoms with Crippen LogP contribution in [0.15, 0.2) is 18.2 Å². The Balaban J connectivity index is 1.77. The molecule has 0 amide bonds. The zero-order valence-corrected chi connectivity index (χ0v) is 9.67. The van der Waals surface area contributed by atoms with Crippen LogP contribution in [0.2, 0.25) is 0 Å². The van der Waals surface area contributed by atoms with Crippen LogP contribution in [-0.4, -0.2) is 19.1 Å². The van der Waals surface area contributed by atoms with E-state index in [2.05, 4.69) is 10.6 Å². The summed E-state index contributed by atoms with van der Waals surface area (Å²) in [4.78, 5) is 0. The highest BCUT2D eigenvalue weighted by atomic mass is 19.1. The summed E-state index contributed by atoms with van der Waals surface area (Å²) in [6, 6.07) is 7.25. The second-order valence-electron chi connectivity index (χ2n) is 4.28. The molecule has 0 heterocycles. The summed E-state index contributed by atoms with van der Waals surface area (Å²) in [7, 11) is 0. The number of nitrogens with one attached hydrogen (secondary N) is 2. The summed E-state index contributed by atoms with van der Waals surface area (Å²) in [5.74, 6) is -0.464. The van der Waals surface area contributed by atoms with E-state index >= 15 is 0 Å². The molecule has 4 heteroatoms. The topological polar surface area (TPSA) is 47.9 Å². The standard InChI is InChI=1S/C13H16FN3/c14-12-3-1-4-13(11(12)9-15)17-8-2-7-16-10-5-6-10/h1,3-4,10,16-17H,2,5-8H2. The maximum atomic E-state index is 13.3. The van der Waals surface area contributed by atoms with E-state index in [1.807, 2.05) is 6.07 Å². The van der Waals surface area contributed by atoms with Crippen molar-refractivity contribution in [3.63, 3.8) is 0 Å². The first-order valence-corrected chi connectivity index (χ1v) is 5.97. The van der Waals surface area contributed by atoms with Gasteiger partial charge in [0.15, 0.2) is 0 Å². The predicted octanol–water partition coefficient (Wildman–Crippen LogP) is 2.25. The quantitative estimate of drug-likeness (QED) is 0.741. The van der Waals surface area contributed by atoms with Crippen molar-refractivity contribution >= 4 is 5.69 Å². The first-order chi connectivity index (χ1) is 8.31. The van der Waals surface area contributed by atoms with E-state index in [0.717, 1.165) is 25.6 Å². The van der Waals surface area contributed by atoms with Gasteiger partial charge in [0.1, 0.15) is 17.4 Å². The lowest BCUT2D eigenvalue weighted by Gasteiger charge is -2.08. The number of rotatable bonds is 6. The minimum Gasteiger partial charge on any atom is -0.384 e. The average Bonchev–Trinajstić information content (AvgIpc) is 3.13. The predicted molar refractivity (Wildman–Crippen MR) is 65.2 cm³/mol. The van der Waals surface area contributed by atoms with Gasteiger partial charge in [-0.25, -0.2) is 4.39 Å². The number of anilines is 1. The lowest BCUT2D eigenvalue weighted by atomic mass is 10.2. The number of nitrogens with zero attached hydrogens (tertiary/aromatic N) is 1. The summed E-state index contributed by atoms with van der Waals surface area (Å²) in [6.07, 6.45) is 3.55. The third-order valence-corrected chi connectivity index (χ3v) is 2.80. The first kappa shape index (κ1) is 11.9. The van der Waals surface area contributed by atoms with Crippen molar-refractivity contribution in [2.75, 3.05) is 18.4 Å². The molecule has 3 nitrogen and oxygen atoms in total. The van der Waals surface area contributed by atoms with E-state index < -0.39 is 5.82 Å². The second kappa shape index (κ2) is 5.65. The summed E-state index contributed by atoms with van der Waals surface area (Å²) >= 11 is 0. The van der Waals surface area contributed by atoms with E-state index in [9.17, 15) is 4.39 Å². The van der Waals surface area contributed by atoms with Crippen molar-refractivity contribution in [3.8, 4) is 6.07 Å². The van der Waals surface area contributed by atoms with Gasteiger partial charge in [-0.05, 0) is 37.9 Å². The van der Waals surface area contributed by atoms with E-state index in [0.29, 0.717) is 5.69 Å². The number of halogens is 1. The lowest BCUT2D eigenvalue weighted by Crippen LogP contribution is -2.20. The van der Waals surface area contributed by atoms with Gasteiger partial charge in [0.25, 0.3) is 0 Å². The molecular formula is C13H16FN3. The number of nitriles is 1. The molecule has 1 fully saturated rings. The summed E-state index contributed by atoms with van der Waals surface area (Å²) < 4.78 is 13.3. The first-order valence-electron chi connectivity index (χ1n) is 5.97. The smallest absolute Gasteiger partial charge is 0.143 e. The van der Waals surface area contributed by atoms with Gasteiger partial charge in [0.2, 0.25) is 0 Å². The molecule has 0 atom stereocenters. The van der Waals surface area contributed by atoms with Gasteiger partial charge in [-0.2, -0.15) is 5.26 Å². The molecule has 0 saturated heterocycles. The summed E-state index contributed by atoms with van der Waals surface area (Å²) in [5, 5.41) is 15.3. The van der Waals surface area contributed by atoms with Crippen LogP contribution in [0.25, 0.3) is 0 Å². The highest BCUT2D eigenvalue weighted by molar-refractivity contribution is 5.57. The van der Waals surface area contributed by atoms with E-state index in [1.54, 1.807) is 12.1 Å². The molecule has 1 aromatic carbocycles. The molecule has 0 aliphatic heterocycles. The molecule has 1 saturated carbocycles. The fraction of sp³-hybridized carbons (Fsp3) is 0.462. The molecular weight excluding hydrogens is 217 g/mol. The van der Waals surface area contributed by atoms with E-state index in [4.69, 9.17) is 5.26 Å². The SMILES string of the molecule is N#Cc1c(F)cccc1NCCCNC1CC1. The van der Waals surface area contributed by atoms with Crippen LogP contribution in [0.1, 0.15) is 24.8 Å². The highest BCUT2D eigenvalue weighted by Crippen LogP contribution is 2.19. The average molecular weight is 233 g/mol. The molecule has 0 aromatic heterocycles. The number of hydrogen-bond acceptors (Lipinski definition) is 3. The molecule has 0 unspecified atom stereocenters. The fourth-order valence-electron chi connectivity index (χ4n) is 1.69.